The quantitative estimate of drug-likeness (QED) is 0.575. The number of anilines is 1. The third-order valence-corrected chi connectivity index (χ3v) is 3.92. The van der Waals surface area contributed by atoms with Crippen molar-refractivity contribution in [3.8, 4) is 0 Å². The first-order valence-electron chi connectivity index (χ1n) is 8.16. The average Bonchev–Trinajstić information content (AvgIpc) is 2.90. The SMILES string of the molecule is CN(C)c1ccc(/N=N/C2N(C)C=CN2CCCCCN)cc1.Cl. The number of halogens is 1. The van der Waals surface area contributed by atoms with E-state index in [1.54, 1.807) is 0 Å². The first-order chi connectivity index (χ1) is 11.1. The molecule has 6 nitrogen and oxygen atoms in total. The van der Waals surface area contributed by atoms with Crippen LogP contribution in [0.15, 0.2) is 46.9 Å². The van der Waals surface area contributed by atoms with Crippen molar-refractivity contribution < 1.29 is 0 Å². The second kappa shape index (κ2) is 10.2. The van der Waals surface area contributed by atoms with Crippen molar-refractivity contribution >= 4 is 23.8 Å². The summed E-state index contributed by atoms with van der Waals surface area (Å²) in [5.74, 6) is 0. The van der Waals surface area contributed by atoms with Gasteiger partial charge in [-0.15, -0.1) is 17.5 Å². The van der Waals surface area contributed by atoms with E-state index in [1.807, 2.05) is 39.5 Å². The van der Waals surface area contributed by atoms with E-state index in [0.29, 0.717) is 0 Å². The molecule has 0 bridgehead atoms. The van der Waals surface area contributed by atoms with E-state index in [9.17, 15) is 0 Å². The highest BCUT2D eigenvalue weighted by Gasteiger charge is 2.22. The number of hydrogen-bond acceptors (Lipinski definition) is 6. The Morgan fingerprint density at radius 3 is 2.42 bits per heavy atom. The zero-order chi connectivity index (χ0) is 16.7. The minimum absolute atomic E-state index is 0. The summed E-state index contributed by atoms with van der Waals surface area (Å²) in [6, 6.07) is 8.09. The zero-order valence-electron chi connectivity index (χ0n) is 14.8. The topological polar surface area (TPSA) is 60.5 Å². The van der Waals surface area contributed by atoms with Gasteiger partial charge in [-0.05, 0) is 43.7 Å². The molecule has 2 N–H and O–H groups in total. The van der Waals surface area contributed by atoms with Gasteiger partial charge in [0, 0.05) is 45.8 Å². The van der Waals surface area contributed by atoms with Gasteiger partial charge in [0.15, 0.2) is 0 Å². The van der Waals surface area contributed by atoms with Gasteiger partial charge < -0.3 is 20.4 Å². The van der Waals surface area contributed by atoms with Crippen LogP contribution in [0.3, 0.4) is 0 Å². The first kappa shape index (κ1) is 20.3. The fourth-order valence-corrected chi connectivity index (χ4v) is 2.47. The predicted octanol–water partition coefficient (Wildman–Crippen LogP) is 3.39. The molecule has 1 aliphatic rings. The monoisotopic (exact) mass is 352 g/mol. The highest BCUT2D eigenvalue weighted by Crippen LogP contribution is 2.21. The van der Waals surface area contributed by atoms with Crippen molar-refractivity contribution in [2.45, 2.75) is 25.6 Å². The van der Waals surface area contributed by atoms with Gasteiger partial charge in [-0.2, -0.15) is 5.11 Å². The van der Waals surface area contributed by atoms with E-state index in [4.69, 9.17) is 5.73 Å². The van der Waals surface area contributed by atoms with Gasteiger partial charge in [0.05, 0.1) is 5.69 Å². The fourth-order valence-electron chi connectivity index (χ4n) is 2.47. The molecule has 2 rings (SSSR count). The average molecular weight is 353 g/mol. The number of hydrogen-bond donors (Lipinski definition) is 1. The smallest absolute Gasteiger partial charge is 0.218 e. The van der Waals surface area contributed by atoms with Crippen LogP contribution in [0.4, 0.5) is 11.4 Å². The standard InChI is InChI=1S/C17H28N6.ClH/c1-21(2)16-9-7-15(8-10-16)19-20-17-22(3)13-14-23(17)12-6-4-5-11-18;/h7-10,13-14,17H,4-6,11-12,18H2,1-3H3;1H/b20-19+;. The van der Waals surface area contributed by atoms with Crippen molar-refractivity contribution in [2.24, 2.45) is 16.0 Å². The van der Waals surface area contributed by atoms with Gasteiger partial charge in [-0.3, -0.25) is 0 Å². The lowest BCUT2D eigenvalue weighted by Gasteiger charge is -2.25. The van der Waals surface area contributed by atoms with Crippen molar-refractivity contribution in [1.29, 1.82) is 0 Å². The van der Waals surface area contributed by atoms with Crippen LogP contribution < -0.4 is 10.6 Å². The van der Waals surface area contributed by atoms with E-state index in [2.05, 4.69) is 43.3 Å². The summed E-state index contributed by atoms with van der Waals surface area (Å²) in [5, 5.41) is 8.90. The van der Waals surface area contributed by atoms with Crippen LogP contribution in [0.2, 0.25) is 0 Å². The number of nitrogens with zero attached hydrogens (tertiary/aromatic N) is 5. The molecule has 134 valence electrons. The molecule has 24 heavy (non-hydrogen) atoms. The van der Waals surface area contributed by atoms with Crippen LogP contribution in [0.5, 0.6) is 0 Å². The second-order valence-corrected chi connectivity index (χ2v) is 6.02. The molecule has 1 aromatic carbocycles. The van der Waals surface area contributed by atoms with Gasteiger partial charge in [0.2, 0.25) is 6.29 Å². The summed E-state index contributed by atoms with van der Waals surface area (Å²) >= 11 is 0. The number of unbranched alkanes of at least 4 members (excludes halogenated alkanes) is 2. The van der Waals surface area contributed by atoms with Crippen LogP contribution in [0, 0.1) is 0 Å². The molecule has 1 aliphatic heterocycles. The summed E-state index contributed by atoms with van der Waals surface area (Å²) in [4.78, 5) is 6.35. The minimum Gasteiger partial charge on any atom is -0.378 e. The molecule has 7 heteroatoms. The molecule has 1 heterocycles. The molecule has 0 aliphatic carbocycles. The number of nitrogens with two attached hydrogens (primary N) is 1. The van der Waals surface area contributed by atoms with Crippen LogP contribution >= 0.6 is 12.4 Å². The van der Waals surface area contributed by atoms with Crippen molar-refractivity contribution in [3.63, 3.8) is 0 Å². The number of benzene rings is 1. The third kappa shape index (κ3) is 5.69. The summed E-state index contributed by atoms with van der Waals surface area (Å²) in [6.07, 6.45) is 7.43. The Labute approximate surface area is 151 Å². The molecule has 0 amide bonds. The lowest BCUT2D eigenvalue weighted by atomic mass is 10.2. The molecule has 0 saturated carbocycles. The molecule has 0 spiro atoms. The lowest BCUT2D eigenvalue weighted by molar-refractivity contribution is 0.175. The van der Waals surface area contributed by atoms with E-state index in [1.165, 1.54) is 0 Å². The summed E-state index contributed by atoms with van der Waals surface area (Å²) in [7, 11) is 6.08. The second-order valence-electron chi connectivity index (χ2n) is 6.02. The molecular formula is C17H29ClN6. The summed E-state index contributed by atoms with van der Waals surface area (Å²) < 4.78 is 0. The van der Waals surface area contributed by atoms with Gasteiger partial charge >= 0.3 is 0 Å². The Balaban J connectivity index is 0.00000288. The molecule has 1 atom stereocenters. The Morgan fingerprint density at radius 2 is 1.79 bits per heavy atom. The van der Waals surface area contributed by atoms with E-state index in [0.717, 1.165) is 43.7 Å². The molecule has 0 radical (unpaired) electrons. The molecular weight excluding hydrogens is 324 g/mol. The van der Waals surface area contributed by atoms with Crippen LogP contribution in [0.25, 0.3) is 0 Å². The highest BCUT2D eigenvalue weighted by molar-refractivity contribution is 5.85. The maximum absolute atomic E-state index is 5.54. The predicted molar refractivity (Wildman–Crippen MR) is 103 cm³/mol. The molecule has 0 aromatic heterocycles. The van der Waals surface area contributed by atoms with E-state index >= 15 is 0 Å². The van der Waals surface area contributed by atoms with Crippen LogP contribution in [-0.4, -0.2) is 50.3 Å². The highest BCUT2D eigenvalue weighted by atomic mass is 35.5. The van der Waals surface area contributed by atoms with Crippen molar-refractivity contribution in [3.05, 3.63) is 36.7 Å². The largest absolute Gasteiger partial charge is 0.378 e. The zero-order valence-corrected chi connectivity index (χ0v) is 15.6. The molecule has 1 aromatic rings. The number of azo groups is 1. The van der Waals surface area contributed by atoms with Gasteiger partial charge in [0.25, 0.3) is 0 Å². The molecule has 0 saturated heterocycles. The normalized spacial score (nSPS) is 16.8. The Bertz CT molecular complexity index is 528. The van der Waals surface area contributed by atoms with Gasteiger partial charge in [-0.25, -0.2) is 0 Å². The van der Waals surface area contributed by atoms with E-state index < -0.39 is 0 Å². The van der Waals surface area contributed by atoms with Gasteiger partial charge in [-0.1, -0.05) is 6.42 Å². The summed E-state index contributed by atoms with van der Waals surface area (Å²) in [6.45, 7) is 1.74. The molecule has 0 fully saturated rings. The minimum atomic E-state index is -0.0543. The summed E-state index contributed by atoms with van der Waals surface area (Å²) in [5.41, 5.74) is 7.57. The Hall–Kier alpha value is -1.79. The maximum Gasteiger partial charge on any atom is 0.218 e. The number of rotatable bonds is 8. The first-order valence-corrected chi connectivity index (χ1v) is 8.16. The Morgan fingerprint density at radius 1 is 1.08 bits per heavy atom. The fraction of sp³-hybridized carbons (Fsp3) is 0.529. The van der Waals surface area contributed by atoms with E-state index in [-0.39, 0.29) is 18.7 Å². The maximum atomic E-state index is 5.54. The van der Waals surface area contributed by atoms with Crippen molar-refractivity contribution in [2.75, 3.05) is 39.1 Å². The third-order valence-electron chi connectivity index (χ3n) is 3.92. The van der Waals surface area contributed by atoms with Crippen LogP contribution in [-0.2, 0) is 0 Å². The molecule has 1 unspecified atom stereocenters. The lowest BCUT2D eigenvalue weighted by Crippen LogP contribution is -2.35. The van der Waals surface area contributed by atoms with Crippen LogP contribution in [0.1, 0.15) is 19.3 Å². The van der Waals surface area contributed by atoms with Gasteiger partial charge in [0.1, 0.15) is 0 Å². The Kier molecular flexibility index (Phi) is 8.57. The van der Waals surface area contributed by atoms with Crippen molar-refractivity contribution in [1.82, 2.24) is 9.80 Å².